The van der Waals surface area contributed by atoms with Crippen LogP contribution in [0.4, 0.5) is 0 Å². The van der Waals surface area contributed by atoms with Crippen LogP contribution in [-0.4, -0.2) is 62.7 Å². The maximum atomic E-state index is 3.51. The minimum atomic E-state index is 0.749. The largest absolute Gasteiger partial charge is 0.316 e. The first-order valence-corrected chi connectivity index (χ1v) is 7.23. The molecular formula is C14H31N3. The Morgan fingerprint density at radius 1 is 1.47 bits per heavy atom. The highest BCUT2D eigenvalue weighted by molar-refractivity contribution is 4.78. The number of piperidine rings is 1. The summed E-state index contributed by atoms with van der Waals surface area (Å²) in [4.78, 5) is 5.03. The smallest absolute Gasteiger partial charge is 0.0220 e. The average molecular weight is 241 g/mol. The van der Waals surface area contributed by atoms with Gasteiger partial charge in [0, 0.05) is 19.1 Å². The van der Waals surface area contributed by atoms with E-state index < -0.39 is 0 Å². The van der Waals surface area contributed by atoms with Crippen molar-refractivity contribution in [1.82, 2.24) is 15.1 Å². The van der Waals surface area contributed by atoms with Crippen LogP contribution in [-0.2, 0) is 0 Å². The molecule has 1 fully saturated rings. The van der Waals surface area contributed by atoms with E-state index in [1.807, 2.05) is 0 Å². The first kappa shape index (κ1) is 14.9. The first-order chi connectivity index (χ1) is 8.13. The highest BCUT2D eigenvalue weighted by Gasteiger charge is 2.21. The summed E-state index contributed by atoms with van der Waals surface area (Å²) in [5.41, 5.74) is 0. The number of hydrogen-bond acceptors (Lipinski definition) is 3. The molecule has 0 aromatic heterocycles. The van der Waals surface area contributed by atoms with Crippen molar-refractivity contribution in [2.75, 3.05) is 46.8 Å². The summed E-state index contributed by atoms with van der Waals surface area (Å²) >= 11 is 0. The van der Waals surface area contributed by atoms with Gasteiger partial charge in [-0.2, -0.15) is 0 Å². The van der Waals surface area contributed by atoms with E-state index in [9.17, 15) is 0 Å². The number of nitrogens with one attached hydrogen (secondary N) is 1. The summed E-state index contributed by atoms with van der Waals surface area (Å²) in [6.45, 7) is 10.6. The van der Waals surface area contributed by atoms with E-state index in [1.165, 1.54) is 38.9 Å². The lowest BCUT2D eigenvalue weighted by molar-refractivity contribution is 0.122. The zero-order chi connectivity index (χ0) is 12.7. The minimum absolute atomic E-state index is 0.749. The summed E-state index contributed by atoms with van der Waals surface area (Å²) in [5, 5.41) is 3.51. The number of nitrogens with zero attached hydrogens (tertiary/aromatic N) is 2. The Kier molecular flexibility index (Phi) is 7.09. The van der Waals surface area contributed by atoms with Crippen molar-refractivity contribution >= 4 is 0 Å². The van der Waals surface area contributed by atoms with Crippen LogP contribution in [0.1, 0.15) is 33.1 Å². The molecule has 1 N–H and O–H groups in total. The SMILES string of the molecule is CCCNCC(C)CN(C)C1CCCN(C)C1. The van der Waals surface area contributed by atoms with Crippen molar-refractivity contribution in [2.24, 2.45) is 5.92 Å². The van der Waals surface area contributed by atoms with Crippen molar-refractivity contribution in [3.63, 3.8) is 0 Å². The van der Waals surface area contributed by atoms with Crippen LogP contribution in [0.5, 0.6) is 0 Å². The fourth-order valence-corrected chi connectivity index (χ4v) is 2.73. The third-order valence-corrected chi connectivity index (χ3v) is 3.74. The molecule has 0 amide bonds. The molecule has 3 heteroatoms. The molecule has 1 rings (SSSR count). The first-order valence-electron chi connectivity index (χ1n) is 7.23. The second-order valence-corrected chi connectivity index (χ2v) is 5.81. The number of likely N-dealkylation sites (tertiary alicyclic amines) is 1. The molecular weight excluding hydrogens is 210 g/mol. The van der Waals surface area contributed by atoms with Gasteiger partial charge in [-0.3, -0.25) is 0 Å². The van der Waals surface area contributed by atoms with Crippen LogP contribution in [0, 0.1) is 5.92 Å². The van der Waals surface area contributed by atoms with Crippen LogP contribution < -0.4 is 5.32 Å². The molecule has 102 valence electrons. The molecule has 1 saturated heterocycles. The van der Waals surface area contributed by atoms with Crippen molar-refractivity contribution in [1.29, 1.82) is 0 Å². The lowest BCUT2D eigenvalue weighted by atomic mass is 10.0. The summed E-state index contributed by atoms with van der Waals surface area (Å²) in [6.07, 6.45) is 3.96. The van der Waals surface area contributed by atoms with Gasteiger partial charge in [0.15, 0.2) is 0 Å². The molecule has 0 saturated carbocycles. The lowest BCUT2D eigenvalue weighted by Gasteiger charge is -2.37. The topological polar surface area (TPSA) is 18.5 Å². The average Bonchev–Trinajstić information content (AvgIpc) is 2.29. The Balaban J connectivity index is 2.20. The quantitative estimate of drug-likeness (QED) is 0.684. The molecule has 1 aliphatic rings. The van der Waals surface area contributed by atoms with Crippen molar-refractivity contribution in [2.45, 2.75) is 39.2 Å². The number of rotatable bonds is 7. The van der Waals surface area contributed by atoms with Crippen molar-refractivity contribution < 1.29 is 0 Å². The zero-order valence-electron chi connectivity index (χ0n) is 12.2. The summed E-state index contributed by atoms with van der Waals surface area (Å²) in [7, 11) is 4.53. The van der Waals surface area contributed by atoms with Gasteiger partial charge < -0.3 is 15.1 Å². The van der Waals surface area contributed by atoms with Gasteiger partial charge in [0.25, 0.3) is 0 Å². The monoisotopic (exact) mass is 241 g/mol. The second-order valence-electron chi connectivity index (χ2n) is 5.81. The fourth-order valence-electron chi connectivity index (χ4n) is 2.73. The van der Waals surface area contributed by atoms with Gasteiger partial charge in [-0.05, 0) is 58.9 Å². The lowest BCUT2D eigenvalue weighted by Crippen LogP contribution is -2.46. The van der Waals surface area contributed by atoms with E-state index in [0.29, 0.717) is 0 Å². The van der Waals surface area contributed by atoms with E-state index >= 15 is 0 Å². The molecule has 1 aliphatic heterocycles. The van der Waals surface area contributed by atoms with Crippen molar-refractivity contribution in [3.8, 4) is 0 Å². The predicted octanol–water partition coefficient (Wildman–Crippen LogP) is 1.65. The van der Waals surface area contributed by atoms with Crippen LogP contribution in [0.15, 0.2) is 0 Å². The van der Waals surface area contributed by atoms with Gasteiger partial charge in [0.2, 0.25) is 0 Å². The van der Waals surface area contributed by atoms with Gasteiger partial charge in [-0.15, -0.1) is 0 Å². The molecule has 1 heterocycles. The van der Waals surface area contributed by atoms with Gasteiger partial charge in [-0.1, -0.05) is 13.8 Å². The molecule has 0 aliphatic carbocycles. The highest BCUT2D eigenvalue weighted by atomic mass is 15.2. The number of likely N-dealkylation sites (N-methyl/N-ethyl adjacent to an activating group) is 2. The van der Waals surface area contributed by atoms with Crippen LogP contribution >= 0.6 is 0 Å². The van der Waals surface area contributed by atoms with Crippen LogP contribution in [0.25, 0.3) is 0 Å². The molecule has 0 aromatic carbocycles. The normalized spacial score (nSPS) is 24.2. The van der Waals surface area contributed by atoms with Crippen molar-refractivity contribution in [3.05, 3.63) is 0 Å². The highest BCUT2D eigenvalue weighted by Crippen LogP contribution is 2.14. The molecule has 0 spiro atoms. The molecule has 0 aromatic rings. The Hall–Kier alpha value is -0.120. The third-order valence-electron chi connectivity index (χ3n) is 3.74. The minimum Gasteiger partial charge on any atom is -0.316 e. The van der Waals surface area contributed by atoms with Gasteiger partial charge in [0.1, 0.15) is 0 Å². The number of hydrogen-bond donors (Lipinski definition) is 1. The predicted molar refractivity (Wildman–Crippen MR) is 75.5 cm³/mol. The second kappa shape index (κ2) is 8.06. The van der Waals surface area contributed by atoms with E-state index in [-0.39, 0.29) is 0 Å². The van der Waals surface area contributed by atoms with E-state index in [1.54, 1.807) is 0 Å². The van der Waals surface area contributed by atoms with E-state index in [2.05, 4.69) is 43.1 Å². The van der Waals surface area contributed by atoms with Gasteiger partial charge >= 0.3 is 0 Å². The molecule has 3 nitrogen and oxygen atoms in total. The van der Waals surface area contributed by atoms with E-state index in [4.69, 9.17) is 0 Å². The van der Waals surface area contributed by atoms with E-state index in [0.717, 1.165) is 25.0 Å². The zero-order valence-corrected chi connectivity index (χ0v) is 12.2. The maximum Gasteiger partial charge on any atom is 0.0220 e. The summed E-state index contributed by atoms with van der Waals surface area (Å²) < 4.78 is 0. The fraction of sp³-hybridized carbons (Fsp3) is 1.00. The van der Waals surface area contributed by atoms with Crippen LogP contribution in [0.3, 0.4) is 0 Å². The van der Waals surface area contributed by atoms with Gasteiger partial charge in [0.05, 0.1) is 0 Å². The maximum absolute atomic E-state index is 3.51. The van der Waals surface area contributed by atoms with Crippen LogP contribution in [0.2, 0.25) is 0 Å². The molecule has 0 radical (unpaired) electrons. The Labute approximate surface area is 108 Å². The Morgan fingerprint density at radius 3 is 2.88 bits per heavy atom. The molecule has 17 heavy (non-hydrogen) atoms. The Bertz CT molecular complexity index is 196. The Morgan fingerprint density at radius 2 is 2.24 bits per heavy atom. The molecule has 2 atom stereocenters. The molecule has 0 bridgehead atoms. The summed E-state index contributed by atoms with van der Waals surface area (Å²) in [5.74, 6) is 0.749. The molecule has 2 unspecified atom stereocenters. The van der Waals surface area contributed by atoms with Gasteiger partial charge in [-0.25, -0.2) is 0 Å². The third kappa shape index (κ3) is 5.84. The summed E-state index contributed by atoms with van der Waals surface area (Å²) in [6, 6.07) is 0.766. The standard InChI is InChI=1S/C14H31N3/c1-5-8-15-10-13(2)11-17(4)14-7-6-9-16(3)12-14/h13-15H,5-12H2,1-4H3.